The normalized spacial score (nSPS) is 39.3. The highest BCUT2D eigenvalue weighted by Crippen LogP contribution is 2.63. The minimum atomic E-state index is -0.685. The third-order valence-electron chi connectivity index (χ3n) is 7.42. The molecule has 2 N–H and O–H groups in total. The number of aliphatic hydroxyl groups is 2. The fraction of sp³-hybridized carbons (Fsp3) is 0.619. The zero-order valence-electron chi connectivity index (χ0n) is 15.4. The van der Waals surface area contributed by atoms with Gasteiger partial charge in [0.15, 0.2) is 11.5 Å². The molecule has 136 valence electrons. The van der Waals surface area contributed by atoms with E-state index in [2.05, 4.69) is 27.4 Å². The molecule has 25 heavy (non-hydrogen) atoms. The van der Waals surface area contributed by atoms with E-state index in [9.17, 15) is 19.8 Å². The molecule has 0 heterocycles. The van der Waals surface area contributed by atoms with Gasteiger partial charge in [-0.2, -0.15) is 0 Å². The maximum Gasteiger partial charge on any atom is 0.227 e. The van der Waals surface area contributed by atoms with Gasteiger partial charge in [0.2, 0.25) is 11.6 Å². The summed E-state index contributed by atoms with van der Waals surface area (Å²) >= 11 is 0. The summed E-state index contributed by atoms with van der Waals surface area (Å²) in [4.78, 5) is 24.3. The molecule has 0 aromatic heterocycles. The van der Waals surface area contributed by atoms with E-state index in [1.165, 1.54) is 5.57 Å². The number of hydrogen-bond donors (Lipinski definition) is 2. The average molecular weight is 344 g/mol. The van der Waals surface area contributed by atoms with Crippen LogP contribution in [-0.4, -0.2) is 21.8 Å². The number of allylic oxidation sites excluding steroid dienone is 3. The molecule has 0 aromatic carbocycles. The minimum absolute atomic E-state index is 0.0370. The molecule has 4 atom stereocenters. The fourth-order valence-electron chi connectivity index (χ4n) is 5.48. The van der Waals surface area contributed by atoms with Gasteiger partial charge in [-0.25, -0.2) is 0 Å². The molecule has 2 saturated carbocycles. The van der Waals surface area contributed by atoms with Gasteiger partial charge in [-0.15, -0.1) is 0 Å². The molecule has 0 bridgehead atoms. The van der Waals surface area contributed by atoms with Crippen molar-refractivity contribution in [1.29, 1.82) is 0 Å². The van der Waals surface area contributed by atoms with Crippen LogP contribution in [0.5, 0.6) is 0 Å². The van der Waals surface area contributed by atoms with Crippen molar-refractivity contribution in [2.24, 2.45) is 22.7 Å². The largest absolute Gasteiger partial charge is 0.504 e. The highest BCUT2D eigenvalue weighted by molar-refractivity contribution is 6.20. The van der Waals surface area contributed by atoms with Gasteiger partial charge in [-0.05, 0) is 61.2 Å². The molecule has 4 heteroatoms. The van der Waals surface area contributed by atoms with E-state index in [1.54, 1.807) is 0 Å². The summed E-state index contributed by atoms with van der Waals surface area (Å²) in [6.45, 7) is 11.0. The molecule has 0 amide bonds. The summed E-state index contributed by atoms with van der Waals surface area (Å²) in [5.41, 5.74) is 1.16. The van der Waals surface area contributed by atoms with Gasteiger partial charge in [0.25, 0.3) is 0 Å². The molecule has 2 fully saturated rings. The molecular formula is C21H28O4. The van der Waals surface area contributed by atoms with E-state index < -0.39 is 23.1 Å². The SMILES string of the molecule is C=C1CCC[C@@H]2[C@@](C)(CC3=C(O)C(=O)C=C(O)C3=O)[C@H](C)CC[C@@]12C. The molecule has 4 nitrogen and oxygen atoms in total. The second-order valence-corrected chi connectivity index (χ2v) is 8.64. The third-order valence-corrected chi connectivity index (χ3v) is 7.42. The van der Waals surface area contributed by atoms with Crippen molar-refractivity contribution in [2.75, 3.05) is 0 Å². The first kappa shape index (κ1) is 18.0. The second-order valence-electron chi connectivity index (χ2n) is 8.64. The van der Waals surface area contributed by atoms with E-state index in [-0.39, 0.29) is 16.4 Å². The average Bonchev–Trinajstić information content (AvgIpc) is 2.56. The van der Waals surface area contributed by atoms with Crippen LogP contribution in [0.4, 0.5) is 0 Å². The number of ketones is 2. The predicted octanol–water partition coefficient (Wildman–Crippen LogP) is 4.58. The summed E-state index contributed by atoms with van der Waals surface area (Å²) < 4.78 is 0. The third kappa shape index (κ3) is 2.57. The standard InChI is InChI=1S/C21H28O4/c1-12-6-5-7-17-20(12,3)9-8-13(2)21(17,4)11-14-18(24)15(22)10-16(23)19(14)25/h10,13,17,22,25H,1,5-9,11H2,2-4H3/t13-,17+,20+,21+/m1/s1. The first-order valence-corrected chi connectivity index (χ1v) is 9.21. The number of rotatable bonds is 2. The predicted molar refractivity (Wildman–Crippen MR) is 96.1 cm³/mol. The Kier molecular flexibility index (Phi) is 4.21. The van der Waals surface area contributed by atoms with E-state index >= 15 is 0 Å². The monoisotopic (exact) mass is 344 g/mol. The minimum Gasteiger partial charge on any atom is -0.504 e. The molecule has 0 aromatic rings. The van der Waals surface area contributed by atoms with Crippen molar-refractivity contribution in [1.82, 2.24) is 0 Å². The highest BCUT2D eigenvalue weighted by atomic mass is 16.3. The highest BCUT2D eigenvalue weighted by Gasteiger charge is 2.54. The number of fused-ring (bicyclic) bond motifs is 1. The van der Waals surface area contributed by atoms with Crippen molar-refractivity contribution in [3.8, 4) is 0 Å². The van der Waals surface area contributed by atoms with Crippen molar-refractivity contribution >= 4 is 11.6 Å². The lowest BCUT2D eigenvalue weighted by molar-refractivity contribution is -0.120. The quantitative estimate of drug-likeness (QED) is 0.568. The lowest BCUT2D eigenvalue weighted by atomic mass is 9.46. The maximum atomic E-state index is 12.4. The van der Waals surface area contributed by atoms with Crippen LogP contribution >= 0.6 is 0 Å². The first-order chi connectivity index (χ1) is 11.6. The van der Waals surface area contributed by atoms with Gasteiger partial charge in [-0.1, -0.05) is 32.9 Å². The van der Waals surface area contributed by atoms with Crippen LogP contribution in [0.25, 0.3) is 0 Å². The van der Waals surface area contributed by atoms with Crippen LogP contribution in [-0.2, 0) is 9.59 Å². The molecule has 3 aliphatic carbocycles. The Balaban J connectivity index is 2.02. The molecule has 3 aliphatic rings. The van der Waals surface area contributed by atoms with E-state index in [0.29, 0.717) is 18.3 Å². The Morgan fingerprint density at radius 1 is 1.24 bits per heavy atom. The number of Topliss-reactive ketones (excluding diaryl/α,β-unsaturated/α-hetero) is 1. The summed E-state index contributed by atoms with van der Waals surface area (Å²) in [5, 5.41) is 20.0. The zero-order chi connectivity index (χ0) is 18.6. The van der Waals surface area contributed by atoms with Gasteiger partial charge in [0, 0.05) is 11.6 Å². The molecule has 0 radical (unpaired) electrons. The van der Waals surface area contributed by atoms with Gasteiger partial charge in [0.05, 0.1) is 0 Å². The molecule has 0 saturated heterocycles. The lowest BCUT2D eigenvalue weighted by Crippen LogP contribution is -2.50. The van der Waals surface area contributed by atoms with Crippen LogP contribution < -0.4 is 0 Å². The van der Waals surface area contributed by atoms with Crippen molar-refractivity contribution in [2.45, 2.75) is 59.3 Å². The molecular weight excluding hydrogens is 316 g/mol. The second kappa shape index (κ2) is 5.86. The Bertz CT molecular complexity index is 713. The van der Waals surface area contributed by atoms with E-state index in [4.69, 9.17) is 0 Å². The Hall–Kier alpha value is -1.84. The Morgan fingerprint density at radius 3 is 2.60 bits per heavy atom. The van der Waals surface area contributed by atoms with Crippen LogP contribution in [0.15, 0.2) is 35.3 Å². The number of aliphatic hydroxyl groups excluding tert-OH is 2. The fourth-order valence-corrected chi connectivity index (χ4v) is 5.48. The number of carbonyl (C=O) groups excluding carboxylic acids is 2. The van der Waals surface area contributed by atoms with Crippen LogP contribution in [0.1, 0.15) is 59.3 Å². The van der Waals surface area contributed by atoms with Crippen LogP contribution in [0, 0.1) is 22.7 Å². The summed E-state index contributed by atoms with van der Waals surface area (Å²) in [7, 11) is 0. The molecule has 3 rings (SSSR count). The number of hydrogen-bond acceptors (Lipinski definition) is 4. The Labute approximate surface area is 149 Å². The molecule has 0 aliphatic heterocycles. The summed E-state index contributed by atoms with van der Waals surface area (Å²) in [5.74, 6) is -1.67. The first-order valence-electron chi connectivity index (χ1n) is 9.21. The topological polar surface area (TPSA) is 74.6 Å². The van der Waals surface area contributed by atoms with Gasteiger partial charge < -0.3 is 10.2 Å². The maximum absolute atomic E-state index is 12.4. The molecule has 0 spiro atoms. The zero-order valence-corrected chi connectivity index (χ0v) is 15.4. The van der Waals surface area contributed by atoms with Gasteiger partial charge in [0.1, 0.15) is 0 Å². The van der Waals surface area contributed by atoms with Gasteiger partial charge >= 0.3 is 0 Å². The summed E-state index contributed by atoms with van der Waals surface area (Å²) in [6.07, 6.45) is 6.44. The van der Waals surface area contributed by atoms with Crippen molar-refractivity contribution in [3.63, 3.8) is 0 Å². The van der Waals surface area contributed by atoms with Crippen molar-refractivity contribution < 1.29 is 19.8 Å². The van der Waals surface area contributed by atoms with Crippen LogP contribution in [0.3, 0.4) is 0 Å². The lowest BCUT2D eigenvalue weighted by Gasteiger charge is -2.59. The van der Waals surface area contributed by atoms with Crippen molar-refractivity contribution in [3.05, 3.63) is 35.3 Å². The van der Waals surface area contributed by atoms with E-state index in [1.807, 2.05) is 0 Å². The Morgan fingerprint density at radius 2 is 1.92 bits per heavy atom. The van der Waals surface area contributed by atoms with Crippen LogP contribution in [0.2, 0.25) is 0 Å². The summed E-state index contributed by atoms with van der Waals surface area (Å²) in [6, 6.07) is 0. The molecule has 0 unspecified atom stereocenters. The number of carbonyl (C=O) groups is 2. The van der Waals surface area contributed by atoms with E-state index in [0.717, 1.165) is 38.2 Å². The smallest absolute Gasteiger partial charge is 0.227 e. The van der Waals surface area contributed by atoms with Gasteiger partial charge in [-0.3, -0.25) is 9.59 Å².